The molecule has 0 heterocycles. The molecule has 0 aliphatic rings. The first-order chi connectivity index (χ1) is 9.56. The summed E-state index contributed by atoms with van der Waals surface area (Å²) < 4.78 is 5.34. The maximum absolute atomic E-state index is 11.8. The van der Waals surface area contributed by atoms with Crippen molar-refractivity contribution in [3.05, 3.63) is 53.1 Å². The molecule has 2 aromatic rings. The second-order valence-corrected chi connectivity index (χ2v) is 4.67. The van der Waals surface area contributed by atoms with Crippen LogP contribution in [0.25, 0.3) is 0 Å². The molecule has 0 aliphatic carbocycles. The SMILES string of the molecule is Cc1cc(O)ccc1NC(=O)COc1ccccc1Cl. The number of nitrogens with one attached hydrogen (secondary N) is 1. The van der Waals surface area contributed by atoms with Crippen molar-refractivity contribution >= 4 is 23.2 Å². The average molecular weight is 292 g/mol. The van der Waals surface area contributed by atoms with Gasteiger partial charge in [-0.05, 0) is 42.8 Å². The smallest absolute Gasteiger partial charge is 0.262 e. The molecule has 4 nitrogen and oxygen atoms in total. The molecule has 1 amide bonds. The van der Waals surface area contributed by atoms with E-state index >= 15 is 0 Å². The third kappa shape index (κ3) is 3.65. The van der Waals surface area contributed by atoms with Crippen LogP contribution in [0.3, 0.4) is 0 Å². The molecule has 0 fully saturated rings. The van der Waals surface area contributed by atoms with E-state index < -0.39 is 0 Å². The summed E-state index contributed by atoms with van der Waals surface area (Å²) in [7, 11) is 0. The summed E-state index contributed by atoms with van der Waals surface area (Å²) in [6, 6.07) is 11.7. The monoisotopic (exact) mass is 291 g/mol. The molecule has 2 rings (SSSR count). The van der Waals surface area contributed by atoms with Crippen molar-refractivity contribution in [2.75, 3.05) is 11.9 Å². The fourth-order valence-electron chi connectivity index (χ4n) is 1.68. The number of amides is 1. The minimum absolute atomic E-state index is 0.135. The third-order valence-electron chi connectivity index (χ3n) is 2.68. The van der Waals surface area contributed by atoms with Gasteiger partial charge in [-0.15, -0.1) is 0 Å². The number of para-hydroxylation sites is 1. The van der Waals surface area contributed by atoms with Crippen molar-refractivity contribution in [1.29, 1.82) is 0 Å². The molecule has 0 atom stereocenters. The summed E-state index contributed by atoms with van der Waals surface area (Å²) in [6.07, 6.45) is 0. The van der Waals surface area contributed by atoms with Crippen LogP contribution in [-0.4, -0.2) is 17.6 Å². The number of anilines is 1. The first kappa shape index (κ1) is 14.2. The molecule has 0 unspecified atom stereocenters. The van der Waals surface area contributed by atoms with Crippen LogP contribution in [0.5, 0.6) is 11.5 Å². The highest BCUT2D eigenvalue weighted by atomic mass is 35.5. The third-order valence-corrected chi connectivity index (χ3v) is 2.99. The number of halogens is 1. The Kier molecular flexibility index (Phi) is 4.48. The number of carbonyl (C=O) groups excluding carboxylic acids is 1. The van der Waals surface area contributed by atoms with Crippen molar-refractivity contribution in [3.63, 3.8) is 0 Å². The molecule has 0 aliphatic heterocycles. The number of ether oxygens (including phenoxy) is 1. The van der Waals surface area contributed by atoms with Crippen molar-refractivity contribution in [1.82, 2.24) is 0 Å². The van der Waals surface area contributed by atoms with E-state index in [1.807, 2.05) is 0 Å². The Bertz CT molecular complexity index is 628. The highest BCUT2D eigenvalue weighted by Gasteiger charge is 2.07. The van der Waals surface area contributed by atoms with Gasteiger partial charge in [0.05, 0.1) is 5.02 Å². The maximum Gasteiger partial charge on any atom is 0.262 e. The lowest BCUT2D eigenvalue weighted by Gasteiger charge is -2.10. The number of rotatable bonds is 4. The summed E-state index contributed by atoms with van der Waals surface area (Å²) in [5.74, 6) is 0.332. The van der Waals surface area contributed by atoms with Crippen LogP contribution >= 0.6 is 11.6 Å². The number of hydrogen-bond donors (Lipinski definition) is 2. The van der Waals surface area contributed by atoms with Gasteiger partial charge in [0.1, 0.15) is 11.5 Å². The van der Waals surface area contributed by atoms with E-state index in [4.69, 9.17) is 16.3 Å². The first-order valence-corrected chi connectivity index (χ1v) is 6.41. The summed E-state index contributed by atoms with van der Waals surface area (Å²) in [6.45, 7) is 1.66. The number of benzene rings is 2. The van der Waals surface area contributed by atoms with Crippen molar-refractivity contribution in [3.8, 4) is 11.5 Å². The minimum atomic E-state index is -0.293. The Balaban J connectivity index is 1.94. The fraction of sp³-hybridized carbons (Fsp3) is 0.133. The van der Waals surface area contributed by atoms with Gasteiger partial charge in [-0.1, -0.05) is 23.7 Å². The molecule has 0 saturated heterocycles. The highest BCUT2D eigenvalue weighted by molar-refractivity contribution is 6.32. The lowest BCUT2D eigenvalue weighted by atomic mass is 10.2. The standard InChI is InChI=1S/C15H14ClNO3/c1-10-8-11(18)6-7-13(10)17-15(19)9-20-14-5-3-2-4-12(14)16/h2-8,18H,9H2,1H3,(H,17,19). The Morgan fingerprint density at radius 2 is 2.05 bits per heavy atom. The minimum Gasteiger partial charge on any atom is -0.508 e. The van der Waals surface area contributed by atoms with E-state index in [1.165, 1.54) is 6.07 Å². The van der Waals surface area contributed by atoms with Crippen molar-refractivity contribution in [2.24, 2.45) is 0 Å². The van der Waals surface area contributed by atoms with E-state index in [-0.39, 0.29) is 18.3 Å². The molecular weight excluding hydrogens is 278 g/mol. The highest BCUT2D eigenvalue weighted by Crippen LogP contribution is 2.23. The molecule has 20 heavy (non-hydrogen) atoms. The molecule has 0 aromatic heterocycles. The molecule has 2 N–H and O–H groups in total. The summed E-state index contributed by atoms with van der Waals surface area (Å²) in [5.41, 5.74) is 1.41. The van der Waals surface area contributed by atoms with E-state index in [9.17, 15) is 9.90 Å². The van der Waals surface area contributed by atoms with E-state index in [1.54, 1.807) is 43.3 Å². The Labute approximate surface area is 122 Å². The van der Waals surface area contributed by atoms with Crippen LogP contribution in [0.4, 0.5) is 5.69 Å². The van der Waals surface area contributed by atoms with Crippen molar-refractivity contribution in [2.45, 2.75) is 6.92 Å². The van der Waals surface area contributed by atoms with Gasteiger partial charge in [0, 0.05) is 5.69 Å². The van der Waals surface area contributed by atoms with Gasteiger partial charge < -0.3 is 15.2 Å². The van der Waals surface area contributed by atoms with E-state index in [0.717, 1.165) is 5.56 Å². The molecular formula is C15H14ClNO3. The normalized spacial score (nSPS) is 10.1. The second kappa shape index (κ2) is 6.30. The molecule has 5 heteroatoms. The maximum atomic E-state index is 11.8. The van der Waals surface area contributed by atoms with Crippen LogP contribution in [0.2, 0.25) is 5.02 Å². The first-order valence-electron chi connectivity index (χ1n) is 6.03. The van der Waals surface area contributed by atoms with Gasteiger partial charge in [0.2, 0.25) is 0 Å². The van der Waals surface area contributed by atoms with Crippen molar-refractivity contribution < 1.29 is 14.6 Å². The molecule has 0 bridgehead atoms. The second-order valence-electron chi connectivity index (χ2n) is 4.27. The summed E-state index contributed by atoms with van der Waals surface area (Å²) >= 11 is 5.93. The number of aryl methyl sites for hydroxylation is 1. The quantitative estimate of drug-likeness (QED) is 0.849. The van der Waals surface area contributed by atoms with Gasteiger partial charge in [-0.3, -0.25) is 4.79 Å². The largest absolute Gasteiger partial charge is 0.508 e. The predicted molar refractivity (Wildman–Crippen MR) is 78.4 cm³/mol. The number of carbonyl (C=O) groups is 1. The molecule has 0 saturated carbocycles. The van der Waals surface area contributed by atoms with Crippen LogP contribution < -0.4 is 10.1 Å². The van der Waals surface area contributed by atoms with Gasteiger partial charge >= 0.3 is 0 Å². The van der Waals surface area contributed by atoms with Gasteiger partial charge in [-0.25, -0.2) is 0 Å². The molecule has 0 radical (unpaired) electrons. The number of phenols is 1. The number of aromatic hydroxyl groups is 1. The van der Waals surface area contributed by atoms with Gasteiger partial charge in [-0.2, -0.15) is 0 Å². The Morgan fingerprint density at radius 3 is 2.75 bits per heavy atom. The Morgan fingerprint density at radius 1 is 1.30 bits per heavy atom. The lowest BCUT2D eigenvalue weighted by molar-refractivity contribution is -0.118. The fourth-order valence-corrected chi connectivity index (χ4v) is 1.87. The van der Waals surface area contributed by atoms with E-state index in [2.05, 4.69) is 5.32 Å². The van der Waals surface area contributed by atoms with Crippen LogP contribution in [0.1, 0.15) is 5.56 Å². The zero-order valence-electron chi connectivity index (χ0n) is 10.9. The van der Waals surface area contributed by atoms with Gasteiger partial charge in [0.25, 0.3) is 5.91 Å². The number of phenolic OH excluding ortho intramolecular Hbond substituents is 1. The van der Waals surface area contributed by atoms with Crippen LogP contribution in [0, 0.1) is 6.92 Å². The predicted octanol–water partition coefficient (Wildman–Crippen LogP) is 3.37. The Hall–Kier alpha value is -2.20. The number of hydrogen-bond acceptors (Lipinski definition) is 3. The zero-order chi connectivity index (χ0) is 14.5. The molecule has 2 aromatic carbocycles. The van der Waals surface area contributed by atoms with Crippen LogP contribution in [0.15, 0.2) is 42.5 Å². The molecule has 104 valence electrons. The molecule has 0 spiro atoms. The van der Waals surface area contributed by atoms with Gasteiger partial charge in [0.15, 0.2) is 6.61 Å². The van der Waals surface area contributed by atoms with E-state index in [0.29, 0.717) is 16.5 Å². The topological polar surface area (TPSA) is 58.6 Å². The summed E-state index contributed by atoms with van der Waals surface area (Å²) in [4.78, 5) is 11.8. The van der Waals surface area contributed by atoms with Crippen LogP contribution in [-0.2, 0) is 4.79 Å². The zero-order valence-corrected chi connectivity index (χ0v) is 11.6. The average Bonchev–Trinajstić information content (AvgIpc) is 2.41. The summed E-state index contributed by atoms with van der Waals surface area (Å²) in [5, 5.41) is 12.5. The lowest BCUT2D eigenvalue weighted by Crippen LogP contribution is -2.20.